The van der Waals surface area contributed by atoms with Gasteiger partial charge in [-0.1, -0.05) is 143 Å². The van der Waals surface area contributed by atoms with Crippen LogP contribution in [0.1, 0.15) is 49.9 Å². The maximum atomic E-state index is 6.46. The van der Waals surface area contributed by atoms with Crippen LogP contribution in [-0.4, -0.2) is 0 Å². The van der Waals surface area contributed by atoms with Crippen LogP contribution in [0.4, 0.5) is 17.1 Å². The summed E-state index contributed by atoms with van der Waals surface area (Å²) in [6, 6.07) is 59.8. The van der Waals surface area contributed by atoms with Crippen LogP contribution in [-0.2, 0) is 10.8 Å². The van der Waals surface area contributed by atoms with Crippen molar-refractivity contribution < 1.29 is 4.42 Å². The smallest absolute Gasteiger partial charge is 0.139 e. The number of nitrogens with zero attached hydrogens (tertiary/aromatic N) is 1. The highest BCUT2D eigenvalue weighted by atomic mass is 16.3. The van der Waals surface area contributed by atoms with E-state index in [2.05, 4.69) is 196 Å². The maximum Gasteiger partial charge on any atom is 0.139 e. The van der Waals surface area contributed by atoms with E-state index in [0.717, 1.165) is 28.4 Å². The van der Waals surface area contributed by atoms with Crippen LogP contribution in [0.2, 0.25) is 0 Å². The molecule has 0 aliphatic heterocycles. The van der Waals surface area contributed by atoms with Crippen molar-refractivity contribution in [3.8, 4) is 44.7 Å². The van der Waals surface area contributed by atoms with E-state index in [9.17, 15) is 0 Å². The van der Waals surface area contributed by atoms with Crippen molar-refractivity contribution in [2.75, 3.05) is 4.90 Å². The normalized spacial score (nSPS) is 14.5. The molecule has 0 radical (unpaired) electrons. The summed E-state index contributed by atoms with van der Waals surface area (Å²) < 4.78 is 6.46. The van der Waals surface area contributed by atoms with E-state index in [1.165, 1.54) is 66.6 Å². The molecule has 2 aliphatic rings. The fourth-order valence-electron chi connectivity index (χ4n) is 8.97. The van der Waals surface area contributed by atoms with Gasteiger partial charge in [0.15, 0.2) is 0 Å². The van der Waals surface area contributed by atoms with Crippen molar-refractivity contribution in [3.05, 3.63) is 186 Å². The van der Waals surface area contributed by atoms with E-state index in [1.54, 1.807) is 0 Å². The minimum atomic E-state index is -0.174. The second-order valence-corrected chi connectivity index (χ2v) is 15.4. The van der Waals surface area contributed by atoms with Gasteiger partial charge in [-0.25, -0.2) is 0 Å². The summed E-state index contributed by atoms with van der Waals surface area (Å²) in [4.78, 5) is 2.41. The van der Waals surface area contributed by atoms with Gasteiger partial charge in [-0.2, -0.15) is 0 Å². The number of hydrogen-bond donors (Lipinski definition) is 0. The summed E-state index contributed by atoms with van der Waals surface area (Å²) in [7, 11) is 0. The molecule has 1 aromatic heterocycles. The SMILES string of the molecule is CC1(C)c2ccccc2-c2ccc(N(c3ccc(-c4ccccc4)cc3)c3cccc(-c4ccc5c(c4)C(C)(C)c4c-5oc5ccccc45)c3)cc21. The maximum absolute atomic E-state index is 6.46. The number of fused-ring (bicyclic) bond motifs is 8. The van der Waals surface area contributed by atoms with Gasteiger partial charge in [0.25, 0.3) is 0 Å². The lowest BCUT2D eigenvalue weighted by molar-refractivity contribution is 0.619. The molecule has 52 heavy (non-hydrogen) atoms. The molecule has 0 atom stereocenters. The van der Waals surface area contributed by atoms with Gasteiger partial charge in [0, 0.05) is 44.4 Å². The van der Waals surface area contributed by atoms with Gasteiger partial charge in [-0.3, -0.25) is 0 Å². The van der Waals surface area contributed by atoms with Crippen LogP contribution in [0.5, 0.6) is 0 Å². The second-order valence-electron chi connectivity index (χ2n) is 15.4. The highest BCUT2D eigenvalue weighted by molar-refractivity contribution is 5.95. The van der Waals surface area contributed by atoms with Crippen LogP contribution < -0.4 is 4.90 Å². The van der Waals surface area contributed by atoms with Crippen molar-refractivity contribution in [2.45, 2.75) is 38.5 Å². The summed E-state index contributed by atoms with van der Waals surface area (Å²) in [5.74, 6) is 1.01. The highest BCUT2D eigenvalue weighted by Gasteiger charge is 2.40. The van der Waals surface area contributed by atoms with E-state index in [0.29, 0.717) is 0 Å². The third-order valence-electron chi connectivity index (χ3n) is 11.7. The Kier molecular flexibility index (Phi) is 6.60. The quantitative estimate of drug-likeness (QED) is 0.181. The van der Waals surface area contributed by atoms with E-state index in [4.69, 9.17) is 4.42 Å². The summed E-state index contributed by atoms with van der Waals surface area (Å²) in [5, 5.41) is 1.21. The van der Waals surface area contributed by atoms with E-state index >= 15 is 0 Å². The average Bonchev–Trinajstić information content (AvgIpc) is 3.76. The number of rotatable bonds is 5. The molecule has 10 rings (SSSR count). The van der Waals surface area contributed by atoms with Gasteiger partial charge < -0.3 is 9.32 Å². The number of hydrogen-bond acceptors (Lipinski definition) is 2. The molecule has 0 bridgehead atoms. The molecule has 0 saturated heterocycles. The third-order valence-corrected chi connectivity index (χ3v) is 11.7. The van der Waals surface area contributed by atoms with E-state index < -0.39 is 0 Å². The van der Waals surface area contributed by atoms with Crippen LogP contribution in [0.15, 0.2) is 168 Å². The molecule has 250 valence electrons. The highest BCUT2D eigenvalue weighted by Crippen LogP contribution is 2.54. The van der Waals surface area contributed by atoms with Crippen LogP contribution in [0, 0.1) is 0 Å². The Labute approximate surface area is 305 Å². The van der Waals surface area contributed by atoms with Gasteiger partial charge in [-0.05, 0) is 98.6 Å². The Balaban J connectivity index is 1.09. The summed E-state index contributed by atoms with van der Waals surface area (Å²) >= 11 is 0. The first kappa shape index (κ1) is 30.7. The van der Waals surface area contributed by atoms with Gasteiger partial charge in [-0.15, -0.1) is 0 Å². The molecule has 1 heterocycles. The van der Waals surface area contributed by atoms with Crippen molar-refractivity contribution >= 4 is 28.0 Å². The first-order valence-electron chi connectivity index (χ1n) is 18.3. The molecule has 8 aromatic rings. The number of furan rings is 1. The Hall–Kier alpha value is -6.12. The lowest BCUT2D eigenvalue weighted by atomic mass is 9.80. The topological polar surface area (TPSA) is 16.4 Å². The minimum Gasteiger partial charge on any atom is -0.456 e. The molecule has 0 fully saturated rings. The summed E-state index contributed by atoms with van der Waals surface area (Å²) in [5.41, 5.74) is 18.1. The molecule has 0 spiro atoms. The first-order chi connectivity index (χ1) is 25.3. The predicted octanol–water partition coefficient (Wildman–Crippen LogP) is 13.8. The fourth-order valence-corrected chi connectivity index (χ4v) is 8.97. The van der Waals surface area contributed by atoms with Gasteiger partial charge in [0.2, 0.25) is 0 Å². The Bertz CT molecular complexity index is 2680. The molecule has 2 heteroatoms. The monoisotopic (exact) mass is 669 g/mol. The standard InChI is InChI=1S/C50H39NO/c1-49(2)43-19-10-8-17-39(43)40-28-26-38(31-45(40)49)51(36-24-21-33(22-25-36)32-13-6-5-7-14-32)37-16-12-15-34(29-37)35-23-27-41-44(30-35)50(3,4)47-42-18-9-11-20-46(42)52-48(41)47/h5-31H,1-4H3. The zero-order chi connectivity index (χ0) is 35.2. The average molecular weight is 670 g/mol. The molecule has 2 aliphatic carbocycles. The molecule has 0 unspecified atom stereocenters. The first-order valence-corrected chi connectivity index (χ1v) is 18.3. The fraction of sp³-hybridized carbons (Fsp3) is 0.120. The molecular weight excluding hydrogens is 631 g/mol. The Morgan fingerprint density at radius 1 is 0.404 bits per heavy atom. The number of anilines is 3. The van der Waals surface area contributed by atoms with E-state index in [-0.39, 0.29) is 10.8 Å². The van der Waals surface area contributed by atoms with Gasteiger partial charge in [0.05, 0.1) is 0 Å². The molecule has 0 amide bonds. The van der Waals surface area contributed by atoms with Crippen LogP contribution in [0.3, 0.4) is 0 Å². The molecular formula is C50H39NO. The lowest BCUT2D eigenvalue weighted by Gasteiger charge is -2.28. The zero-order valence-corrected chi connectivity index (χ0v) is 29.9. The molecule has 7 aromatic carbocycles. The Morgan fingerprint density at radius 3 is 1.85 bits per heavy atom. The van der Waals surface area contributed by atoms with Crippen LogP contribution >= 0.6 is 0 Å². The van der Waals surface area contributed by atoms with E-state index in [1.807, 2.05) is 0 Å². The molecule has 0 N–H and O–H groups in total. The largest absolute Gasteiger partial charge is 0.456 e. The number of para-hydroxylation sites is 1. The van der Waals surface area contributed by atoms with Gasteiger partial charge >= 0.3 is 0 Å². The molecule has 0 saturated carbocycles. The van der Waals surface area contributed by atoms with Crippen molar-refractivity contribution in [2.24, 2.45) is 0 Å². The van der Waals surface area contributed by atoms with Crippen molar-refractivity contribution in [1.29, 1.82) is 0 Å². The summed E-state index contributed by atoms with van der Waals surface area (Å²) in [6.07, 6.45) is 0. The lowest BCUT2D eigenvalue weighted by Crippen LogP contribution is -2.16. The third kappa shape index (κ3) is 4.50. The van der Waals surface area contributed by atoms with Crippen molar-refractivity contribution in [1.82, 2.24) is 0 Å². The zero-order valence-electron chi connectivity index (χ0n) is 29.9. The van der Waals surface area contributed by atoms with Crippen molar-refractivity contribution in [3.63, 3.8) is 0 Å². The predicted molar refractivity (Wildman–Crippen MR) is 217 cm³/mol. The van der Waals surface area contributed by atoms with Gasteiger partial charge in [0.1, 0.15) is 11.3 Å². The second kappa shape index (κ2) is 11.2. The molecule has 2 nitrogen and oxygen atoms in total. The van der Waals surface area contributed by atoms with Crippen LogP contribution in [0.25, 0.3) is 55.7 Å². The summed E-state index contributed by atoms with van der Waals surface area (Å²) in [6.45, 7) is 9.36. The minimum absolute atomic E-state index is 0.0949. The number of benzene rings is 7. The Morgan fingerprint density at radius 2 is 1.00 bits per heavy atom.